The molecule has 1 aliphatic rings. The number of benzene rings is 1. The van der Waals surface area contributed by atoms with Gasteiger partial charge in [0.15, 0.2) is 0 Å². The number of methoxy groups -OCH3 is 1. The van der Waals surface area contributed by atoms with Crippen LogP contribution in [-0.4, -0.2) is 13.1 Å². The van der Waals surface area contributed by atoms with Crippen molar-refractivity contribution in [3.63, 3.8) is 0 Å². The van der Waals surface area contributed by atoms with E-state index in [-0.39, 0.29) is 11.9 Å². The van der Waals surface area contributed by atoms with Crippen molar-refractivity contribution in [1.82, 2.24) is 0 Å². The summed E-state index contributed by atoms with van der Waals surface area (Å²) in [5, 5.41) is 0. The summed E-state index contributed by atoms with van der Waals surface area (Å²) in [6, 6.07) is 8.23. The molecule has 74 valence electrons. The van der Waals surface area contributed by atoms with Gasteiger partial charge in [-0.2, -0.15) is 0 Å². The molecule has 1 aliphatic carbocycles. The third-order valence-corrected chi connectivity index (χ3v) is 3.09. The van der Waals surface area contributed by atoms with Crippen LogP contribution < -0.4 is 0 Å². The fourth-order valence-electron chi connectivity index (χ4n) is 2.23. The fraction of sp³-hybridized carbons (Fsp3) is 0.417. The van der Waals surface area contributed by atoms with Crippen LogP contribution in [0.3, 0.4) is 0 Å². The van der Waals surface area contributed by atoms with Crippen molar-refractivity contribution >= 4 is 5.97 Å². The van der Waals surface area contributed by atoms with Crippen molar-refractivity contribution in [2.24, 2.45) is 5.92 Å². The van der Waals surface area contributed by atoms with Crippen LogP contribution in [0.1, 0.15) is 24.0 Å². The number of hydrogen-bond acceptors (Lipinski definition) is 2. The molecular formula is C12H14O2. The van der Waals surface area contributed by atoms with E-state index in [4.69, 9.17) is 4.74 Å². The molecule has 0 aromatic heterocycles. The largest absolute Gasteiger partial charge is 0.469 e. The molecule has 0 radical (unpaired) electrons. The van der Waals surface area contributed by atoms with Gasteiger partial charge in [0, 0.05) is 0 Å². The number of esters is 1. The second kappa shape index (κ2) is 3.45. The number of carbonyl (C=O) groups is 1. The quantitative estimate of drug-likeness (QED) is 0.634. The van der Waals surface area contributed by atoms with Gasteiger partial charge in [-0.25, -0.2) is 0 Å². The number of ether oxygens (including phenoxy) is 1. The summed E-state index contributed by atoms with van der Waals surface area (Å²) in [6.07, 6.45) is 0.823. The molecule has 2 heteroatoms. The summed E-state index contributed by atoms with van der Waals surface area (Å²) < 4.78 is 4.80. The van der Waals surface area contributed by atoms with Crippen molar-refractivity contribution < 1.29 is 9.53 Å². The predicted molar refractivity (Wildman–Crippen MR) is 54.1 cm³/mol. The number of rotatable bonds is 1. The third-order valence-electron chi connectivity index (χ3n) is 3.09. The first-order valence-corrected chi connectivity index (χ1v) is 4.89. The Morgan fingerprint density at radius 1 is 1.43 bits per heavy atom. The second-order valence-corrected chi connectivity index (χ2v) is 3.82. The van der Waals surface area contributed by atoms with Crippen LogP contribution in [-0.2, 0) is 16.0 Å². The minimum atomic E-state index is -0.0892. The van der Waals surface area contributed by atoms with Gasteiger partial charge in [-0.1, -0.05) is 31.2 Å². The Balaban J connectivity index is 2.30. The fourth-order valence-corrected chi connectivity index (χ4v) is 2.23. The smallest absolute Gasteiger partial charge is 0.309 e. The topological polar surface area (TPSA) is 26.3 Å². The number of hydrogen-bond donors (Lipinski definition) is 0. The van der Waals surface area contributed by atoms with E-state index in [1.54, 1.807) is 0 Å². The molecule has 1 aromatic carbocycles. The van der Waals surface area contributed by atoms with Crippen molar-refractivity contribution in [3.05, 3.63) is 35.4 Å². The molecule has 2 atom stereocenters. The van der Waals surface area contributed by atoms with Gasteiger partial charge in [-0.3, -0.25) is 4.79 Å². The lowest BCUT2D eigenvalue weighted by Gasteiger charge is -2.12. The van der Waals surface area contributed by atoms with Crippen molar-refractivity contribution in [1.29, 1.82) is 0 Å². The zero-order chi connectivity index (χ0) is 10.1. The Hall–Kier alpha value is -1.31. The summed E-state index contributed by atoms with van der Waals surface area (Å²) in [6.45, 7) is 2.09. The summed E-state index contributed by atoms with van der Waals surface area (Å²) in [5.41, 5.74) is 2.58. The maximum atomic E-state index is 11.5. The van der Waals surface area contributed by atoms with Gasteiger partial charge >= 0.3 is 5.97 Å². The predicted octanol–water partition coefficient (Wildman–Crippen LogP) is 2.14. The Labute approximate surface area is 83.9 Å². The average molecular weight is 190 g/mol. The molecule has 1 aromatic rings. The van der Waals surface area contributed by atoms with E-state index in [1.165, 1.54) is 18.2 Å². The third kappa shape index (κ3) is 1.31. The summed E-state index contributed by atoms with van der Waals surface area (Å²) in [7, 11) is 1.46. The maximum Gasteiger partial charge on any atom is 0.309 e. The highest BCUT2D eigenvalue weighted by atomic mass is 16.5. The Morgan fingerprint density at radius 3 is 2.79 bits per heavy atom. The minimum absolute atomic E-state index is 0.0115. The molecule has 14 heavy (non-hydrogen) atoms. The summed E-state index contributed by atoms with van der Waals surface area (Å²) in [5.74, 6) is 0.213. The van der Waals surface area contributed by atoms with Crippen LogP contribution in [0.2, 0.25) is 0 Å². The number of fused-ring (bicyclic) bond motifs is 1. The van der Waals surface area contributed by atoms with Gasteiger partial charge in [0.2, 0.25) is 0 Å². The van der Waals surface area contributed by atoms with Crippen LogP contribution in [0, 0.1) is 5.92 Å². The van der Waals surface area contributed by atoms with Crippen LogP contribution in [0.4, 0.5) is 0 Å². The summed E-state index contributed by atoms with van der Waals surface area (Å²) in [4.78, 5) is 11.5. The van der Waals surface area contributed by atoms with Gasteiger partial charge in [0.05, 0.1) is 13.0 Å². The van der Waals surface area contributed by atoms with Crippen LogP contribution in [0.15, 0.2) is 24.3 Å². The standard InChI is InChI=1S/C12H14O2/c1-8-10-6-4-3-5-9(10)7-11(8)12(13)14-2/h3-6,8,11H,7H2,1-2H3/t8-,11-/m1/s1. The molecule has 2 rings (SSSR count). The molecule has 0 aliphatic heterocycles. The SMILES string of the molecule is COC(=O)[C@@H]1Cc2ccccc2[C@H]1C. The molecule has 0 fully saturated rings. The van der Waals surface area contributed by atoms with Gasteiger partial charge < -0.3 is 4.74 Å². The van der Waals surface area contributed by atoms with Crippen molar-refractivity contribution in [2.75, 3.05) is 7.11 Å². The van der Waals surface area contributed by atoms with Crippen molar-refractivity contribution in [3.8, 4) is 0 Å². The molecule has 2 nitrogen and oxygen atoms in total. The summed E-state index contributed by atoms with van der Waals surface area (Å²) >= 11 is 0. The molecular weight excluding hydrogens is 176 g/mol. The Bertz CT molecular complexity index is 357. The normalized spacial score (nSPS) is 24.4. The lowest BCUT2D eigenvalue weighted by molar-refractivity contribution is -0.145. The highest BCUT2D eigenvalue weighted by Gasteiger charge is 2.34. The highest BCUT2D eigenvalue weighted by molar-refractivity contribution is 5.75. The Kier molecular flexibility index (Phi) is 2.28. The van der Waals surface area contributed by atoms with E-state index in [0.29, 0.717) is 5.92 Å². The van der Waals surface area contributed by atoms with E-state index < -0.39 is 0 Å². The molecule has 0 heterocycles. The van der Waals surface area contributed by atoms with Gasteiger partial charge in [0.25, 0.3) is 0 Å². The number of carbonyl (C=O) groups excluding carboxylic acids is 1. The van der Waals surface area contributed by atoms with Crippen LogP contribution in [0.5, 0.6) is 0 Å². The molecule has 0 saturated heterocycles. The van der Waals surface area contributed by atoms with Gasteiger partial charge in [-0.15, -0.1) is 0 Å². The minimum Gasteiger partial charge on any atom is -0.469 e. The maximum absolute atomic E-state index is 11.5. The molecule has 0 saturated carbocycles. The van der Waals surface area contributed by atoms with E-state index in [2.05, 4.69) is 19.1 Å². The first-order chi connectivity index (χ1) is 6.74. The monoisotopic (exact) mass is 190 g/mol. The van der Waals surface area contributed by atoms with Crippen LogP contribution in [0.25, 0.3) is 0 Å². The zero-order valence-electron chi connectivity index (χ0n) is 8.49. The van der Waals surface area contributed by atoms with Gasteiger partial charge in [0.1, 0.15) is 0 Å². The molecule has 0 amide bonds. The zero-order valence-corrected chi connectivity index (χ0v) is 8.49. The van der Waals surface area contributed by atoms with E-state index in [9.17, 15) is 4.79 Å². The van der Waals surface area contributed by atoms with E-state index in [0.717, 1.165) is 6.42 Å². The molecule has 0 bridgehead atoms. The lowest BCUT2D eigenvalue weighted by Crippen LogP contribution is -2.18. The molecule has 0 unspecified atom stereocenters. The second-order valence-electron chi connectivity index (χ2n) is 3.82. The molecule has 0 N–H and O–H groups in total. The molecule has 0 spiro atoms. The van der Waals surface area contributed by atoms with Crippen molar-refractivity contribution in [2.45, 2.75) is 19.3 Å². The van der Waals surface area contributed by atoms with Gasteiger partial charge in [-0.05, 0) is 23.5 Å². The highest BCUT2D eigenvalue weighted by Crippen LogP contribution is 2.37. The first kappa shape index (κ1) is 9.25. The van der Waals surface area contributed by atoms with E-state index >= 15 is 0 Å². The first-order valence-electron chi connectivity index (χ1n) is 4.89. The average Bonchev–Trinajstić information content (AvgIpc) is 2.56. The van der Waals surface area contributed by atoms with Crippen LogP contribution >= 0.6 is 0 Å². The Morgan fingerprint density at radius 2 is 2.14 bits per heavy atom. The lowest BCUT2D eigenvalue weighted by atomic mass is 9.95. The van der Waals surface area contributed by atoms with E-state index in [1.807, 2.05) is 12.1 Å².